The third-order valence-corrected chi connectivity index (χ3v) is 5.75. The fraction of sp³-hybridized carbons (Fsp3) is 0.429. The lowest BCUT2D eigenvalue weighted by molar-refractivity contribution is -0.153. The van der Waals surface area contributed by atoms with Crippen LogP contribution in [-0.2, 0) is 25.5 Å². The molecule has 0 amide bonds. The van der Waals surface area contributed by atoms with Gasteiger partial charge in [0.25, 0.3) is 0 Å². The van der Waals surface area contributed by atoms with E-state index in [0.717, 1.165) is 16.3 Å². The zero-order chi connectivity index (χ0) is 18.4. The second kappa shape index (κ2) is 6.09. The average Bonchev–Trinajstić information content (AvgIpc) is 3.05. The molecular formula is C21H22O5. The van der Waals surface area contributed by atoms with Gasteiger partial charge in [0.2, 0.25) is 0 Å². The fourth-order valence-corrected chi connectivity index (χ4v) is 4.57. The van der Waals surface area contributed by atoms with E-state index < -0.39 is 17.0 Å². The zero-order valence-corrected chi connectivity index (χ0v) is 14.7. The molecule has 5 nitrogen and oxygen atoms in total. The molecule has 26 heavy (non-hydrogen) atoms. The highest BCUT2D eigenvalue weighted by Crippen LogP contribution is 2.54. The molecule has 1 heterocycles. The van der Waals surface area contributed by atoms with E-state index in [9.17, 15) is 14.7 Å². The SMILES string of the molecule is CC(=O)OCC1(O)CC2COC(=O)C2(Cc2ccc3ccccc3c2)C1. The van der Waals surface area contributed by atoms with Gasteiger partial charge in [0.05, 0.1) is 12.0 Å². The van der Waals surface area contributed by atoms with E-state index in [1.165, 1.54) is 6.92 Å². The van der Waals surface area contributed by atoms with E-state index in [1.807, 2.05) is 24.3 Å². The van der Waals surface area contributed by atoms with Crippen LogP contribution in [0.15, 0.2) is 42.5 Å². The van der Waals surface area contributed by atoms with Crippen LogP contribution in [-0.4, -0.2) is 35.9 Å². The quantitative estimate of drug-likeness (QED) is 0.855. The molecule has 0 spiro atoms. The molecule has 2 aliphatic rings. The molecule has 0 aromatic heterocycles. The summed E-state index contributed by atoms with van der Waals surface area (Å²) < 4.78 is 10.4. The summed E-state index contributed by atoms with van der Waals surface area (Å²) in [5.41, 5.74) is -0.881. The summed E-state index contributed by atoms with van der Waals surface area (Å²) in [7, 11) is 0. The molecular weight excluding hydrogens is 332 g/mol. The molecule has 0 radical (unpaired) electrons. The second-order valence-corrected chi connectivity index (χ2v) is 7.70. The average molecular weight is 354 g/mol. The second-order valence-electron chi connectivity index (χ2n) is 7.70. The monoisotopic (exact) mass is 354 g/mol. The van der Waals surface area contributed by atoms with Crippen LogP contribution in [0.25, 0.3) is 10.8 Å². The number of rotatable bonds is 4. The lowest BCUT2D eigenvalue weighted by atomic mass is 9.74. The number of cyclic esters (lactones) is 1. The molecule has 1 aliphatic carbocycles. The first kappa shape index (κ1) is 17.0. The first-order chi connectivity index (χ1) is 12.4. The van der Waals surface area contributed by atoms with Gasteiger partial charge in [-0.2, -0.15) is 0 Å². The maximum absolute atomic E-state index is 12.6. The highest BCUT2D eigenvalue weighted by Gasteiger charge is 2.62. The number of carbonyl (C=O) groups excluding carboxylic acids is 2. The molecule has 1 N–H and O–H groups in total. The summed E-state index contributed by atoms with van der Waals surface area (Å²) in [5.74, 6) is -0.752. The lowest BCUT2D eigenvalue weighted by Crippen LogP contribution is -2.37. The summed E-state index contributed by atoms with van der Waals surface area (Å²) in [6.07, 6.45) is 1.17. The van der Waals surface area contributed by atoms with Crippen molar-refractivity contribution in [1.29, 1.82) is 0 Å². The number of benzene rings is 2. The van der Waals surface area contributed by atoms with Crippen LogP contribution >= 0.6 is 0 Å². The van der Waals surface area contributed by atoms with Crippen LogP contribution < -0.4 is 0 Å². The van der Waals surface area contributed by atoms with Crippen molar-refractivity contribution in [3.8, 4) is 0 Å². The molecule has 2 aromatic carbocycles. The van der Waals surface area contributed by atoms with Crippen LogP contribution in [0, 0.1) is 11.3 Å². The molecule has 0 bridgehead atoms. The van der Waals surface area contributed by atoms with E-state index in [1.54, 1.807) is 0 Å². The maximum atomic E-state index is 12.6. The van der Waals surface area contributed by atoms with Crippen molar-refractivity contribution in [3.63, 3.8) is 0 Å². The minimum atomic E-state index is -1.17. The van der Waals surface area contributed by atoms with Crippen molar-refractivity contribution < 1.29 is 24.2 Å². The Morgan fingerprint density at radius 2 is 2.04 bits per heavy atom. The number of carbonyl (C=O) groups is 2. The number of ether oxygens (including phenoxy) is 2. The first-order valence-corrected chi connectivity index (χ1v) is 8.91. The third kappa shape index (κ3) is 2.86. The minimum absolute atomic E-state index is 0.0676. The smallest absolute Gasteiger partial charge is 0.312 e. The van der Waals surface area contributed by atoms with Gasteiger partial charge in [-0.05, 0) is 35.6 Å². The van der Waals surface area contributed by atoms with Gasteiger partial charge in [-0.3, -0.25) is 9.59 Å². The van der Waals surface area contributed by atoms with Gasteiger partial charge >= 0.3 is 11.9 Å². The van der Waals surface area contributed by atoms with Crippen molar-refractivity contribution in [3.05, 3.63) is 48.0 Å². The van der Waals surface area contributed by atoms with Crippen molar-refractivity contribution in [2.75, 3.05) is 13.2 Å². The summed E-state index contributed by atoms with van der Waals surface area (Å²) in [6.45, 7) is 1.55. The van der Waals surface area contributed by atoms with Crippen molar-refractivity contribution in [1.82, 2.24) is 0 Å². The van der Waals surface area contributed by atoms with Crippen LogP contribution in [0.4, 0.5) is 0 Å². The number of hydrogen-bond acceptors (Lipinski definition) is 5. The van der Waals surface area contributed by atoms with Crippen LogP contribution in [0.2, 0.25) is 0 Å². The van der Waals surface area contributed by atoms with Gasteiger partial charge in [-0.15, -0.1) is 0 Å². The Balaban J connectivity index is 1.63. The number of aliphatic hydroxyl groups is 1. The Morgan fingerprint density at radius 1 is 1.27 bits per heavy atom. The third-order valence-electron chi connectivity index (χ3n) is 5.75. The maximum Gasteiger partial charge on any atom is 0.312 e. The van der Waals surface area contributed by atoms with Crippen LogP contribution in [0.5, 0.6) is 0 Å². The van der Waals surface area contributed by atoms with Crippen molar-refractivity contribution >= 4 is 22.7 Å². The molecule has 2 aromatic rings. The van der Waals surface area contributed by atoms with Gasteiger partial charge in [0.1, 0.15) is 12.2 Å². The Labute approximate surface area is 151 Å². The Hall–Kier alpha value is -2.40. The van der Waals surface area contributed by atoms with Gasteiger partial charge in [-0.1, -0.05) is 42.5 Å². The summed E-state index contributed by atoms with van der Waals surface area (Å²) >= 11 is 0. The highest BCUT2D eigenvalue weighted by atomic mass is 16.5. The van der Waals surface area contributed by atoms with Gasteiger partial charge in [0.15, 0.2) is 0 Å². The lowest BCUT2D eigenvalue weighted by Gasteiger charge is -2.27. The van der Waals surface area contributed by atoms with E-state index in [2.05, 4.69) is 18.2 Å². The standard InChI is InChI=1S/C21H22O5/c1-14(22)26-13-20(24)10-18-11-25-19(23)21(18,12-20)9-15-6-7-16-4-2-3-5-17(16)8-15/h2-8,18,24H,9-13H2,1H3. The molecule has 2 fully saturated rings. The van der Waals surface area contributed by atoms with Crippen molar-refractivity contribution in [2.45, 2.75) is 31.8 Å². The Morgan fingerprint density at radius 3 is 2.81 bits per heavy atom. The molecule has 1 saturated carbocycles. The number of esters is 2. The van der Waals surface area contributed by atoms with Gasteiger partial charge in [0, 0.05) is 12.8 Å². The Kier molecular flexibility index (Phi) is 3.99. The fourth-order valence-electron chi connectivity index (χ4n) is 4.57. The predicted molar refractivity (Wildman–Crippen MR) is 95.4 cm³/mol. The largest absolute Gasteiger partial charge is 0.465 e. The normalized spacial score (nSPS) is 30.2. The van der Waals surface area contributed by atoms with E-state index in [4.69, 9.17) is 9.47 Å². The van der Waals surface area contributed by atoms with Crippen LogP contribution in [0.1, 0.15) is 25.3 Å². The molecule has 1 aliphatic heterocycles. The minimum Gasteiger partial charge on any atom is -0.465 e. The highest BCUT2D eigenvalue weighted by molar-refractivity contribution is 5.84. The number of hydrogen-bond donors (Lipinski definition) is 1. The van der Waals surface area contributed by atoms with Gasteiger partial charge < -0.3 is 14.6 Å². The van der Waals surface area contributed by atoms with E-state index in [-0.39, 0.29) is 24.9 Å². The molecule has 3 atom stereocenters. The first-order valence-electron chi connectivity index (χ1n) is 8.91. The van der Waals surface area contributed by atoms with Crippen molar-refractivity contribution in [2.24, 2.45) is 11.3 Å². The van der Waals surface area contributed by atoms with Crippen LogP contribution in [0.3, 0.4) is 0 Å². The molecule has 3 unspecified atom stereocenters. The molecule has 1 saturated heterocycles. The predicted octanol–water partition coefficient (Wildman–Crippen LogP) is 2.63. The topological polar surface area (TPSA) is 72.8 Å². The zero-order valence-electron chi connectivity index (χ0n) is 14.7. The van der Waals surface area contributed by atoms with E-state index in [0.29, 0.717) is 19.4 Å². The Bertz CT molecular complexity index is 876. The summed E-state index contributed by atoms with van der Waals surface area (Å²) in [4.78, 5) is 23.8. The molecule has 136 valence electrons. The molecule has 5 heteroatoms. The number of fused-ring (bicyclic) bond motifs is 2. The summed E-state index contributed by atoms with van der Waals surface area (Å²) in [6, 6.07) is 14.3. The summed E-state index contributed by atoms with van der Waals surface area (Å²) in [5, 5.41) is 13.2. The van der Waals surface area contributed by atoms with Gasteiger partial charge in [-0.25, -0.2) is 0 Å². The van der Waals surface area contributed by atoms with E-state index >= 15 is 0 Å². The molecule has 4 rings (SSSR count).